The summed E-state index contributed by atoms with van der Waals surface area (Å²) in [5.74, 6) is -0.751. The molecule has 2 aliphatic rings. The number of fused-ring (bicyclic) bond motifs is 1. The Morgan fingerprint density at radius 1 is 1.23 bits per heavy atom. The number of hydrogen-bond acceptors (Lipinski definition) is 6. The summed E-state index contributed by atoms with van der Waals surface area (Å²) >= 11 is 0. The minimum atomic E-state index is -1.04. The minimum Gasteiger partial charge on any atom is -0.394 e. The third-order valence-corrected chi connectivity index (χ3v) is 3.88. The molecule has 2 saturated heterocycles. The predicted octanol–water partition coefficient (Wildman–Crippen LogP) is 0.801. The summed E-state index contributed by atoms with van der Waals surface area (Å²) in [4.78, 5) is 0. The third-order valence-electron chi connectivity index (χ3n) is 3.88. The van der Waals surface area contributed by atoms with E-state index in [0.29, 0.717) is 6.61 Å². The summed E-state index contributed by atoms with van der Waals surface area (Å²) in [6.07, 6.45) is -3.25. The maximum atomic E-state index is 9.94. The first kappa shape index (κ1) is 15.9. The number of rotatable bonds is 5. The van der Waals surface area contributed by atoms with Gasteiger partial charge in [0.05, 0.1) is 13.2 Å². The SMILES string of the molecule is CC1(C)O[C@H]2O[C@@H]([C@@H](O)[13CH2]O)[C@H](OCc3ccccc3)[C@H]2O1. The second-order valence-electron chi connectivity index (χ2n) is 6.08. The van der Waals surface area contributed by atoms with Crippen molar-refractivity contribution in [1.29, 1.82) is 0 Å². The van der Waals surface area contributed by atoms with E-state index in [1.165, 1.54) is 0 Å². The van der Waals surface area contributed by atoms with Crippen LogP contribution in [-0.2, 0) is 25.6 Å². The zero-order valence-corrected chi connectivity index (χ0v) is 12.7. The lowest BCUT2D eigenvalue weighted by Gasteiger charge is -2.28. The topological polar surface area (TPSA) is 77.4 Å². The molecule has 1 aromatic carbocycles. The highest BCUT2D eigenvalue weighted by Gasteiger charge is 2.56. The van der Waals surface area contributed by atoms with Crippen molar-refractivity contribution in [1.82, 2.24) is 0 Å². The van der Waals surface area contributed by atoms with Gasteiger partial charge in [0, 0.05) is 0 Å². The summed E-state index contributed by atoms with van der Waals surface area (Å²) in [6, 6.07) is 9.73. The van der Waals surface area contributed by atoms with Crippen molar-refractivity contribution in [2.75, 3.05) is 6.61 Å². The van der Waals surface area contributed by atoms with Crippen LogP contribution in [0.1, 0.15) is 19.4 Å². The molecular weight excluding hydrogens is 289 g/mol. The molecule has 0 unspecified atom stereocenters. The second kappa shape index (κ2) is 6.23. The molecule has 2 heterocycles. The van der Waals surface area contributed by atoms with E-state index in [9.17, 15) is 10.2 Å². The van der Waals surface area contributed by atoms with Crippen LogP contribution in [0, 0.1) is 0 Å². The molecule has 0 bridgehead atoms. The number of benzene rings is 1. The van der Waals surface area contributed by atoms with E-state index < -0.39 is 43.1 Å². The first-order valence-corrected chi connectivity index (χ1v) is 7.46. The van der Waals surface area contributed by atoms with Crippen LogP contribution in [0.4, 0.5) is 0 Å². The predicted molar refractivity (Wildman–Crippen MR) is 76.8 cm³/mol. The van der Waals surface area contributed by atoms with Gasteiger partial charge < -0.3 is 29.2 Å². The van der Waals surface area contributed by atoms with Crippen LogP contribution >= 0.6 is 0 Å². The Hall–Kier alpha value is -1.02. The van der Waals surface area contributed by atoms with Gasteiger partial charge in [-0.05, 0) is 19.4 Å². The van der Waals surface area contributed by atoms with Crippen molar-refractivity contribution >= 4 is 0 Å². The summed E-state index contributed by atoms with van der Waals surface area (Å²) in [5.41, 5.74) is 1.02. The zero-order valence-electron chi connectivity index (χ0n) is 12.7. The number of aliphatic hydroxyl groups is 2. The second-order valence-corrected chi connectivity index (χ2v) is 6.08. The molecule has 2 fully saturated rings. The van der Waals surface area contributed by atoms with Crippen LogP contribution in [0.25, 0.3) is 0 Å². The lowest BCUT2D eigenvalue weighted by Crippen LogP contribution is -2.44. The van der Waals surface area contributed by atoms with Crippen LogP contribution in [-0.4, -0.2) is 53.3 Å². The number of hydrogen-bond donors (Lipinski definition) is 2. The highest BCUT2D eigenvalue weighted by molar-refractivity contribution is 5.13. The highest BCUT2D eigenvalue weighted by Crippen LogP contribution is 2.39. The van der Waals surface area contributed by atoms with Gasteiger partial charge >= 0.3 is 0 Å². The van der Waals surface area contributed by atoms with Gasteiger partial charge in [-0.25, -0.2) is 0 Å². The van der Waals surface area contributed by atoms with E-state index >= 15 is 0 Å². The lowest BCUT2D eigenvalue weighted by atomic mass is 10.1. The Balaban J connectivity index is 1.71. The monoisotopic (exact) mass is 311 g/mol. The molecule has 22 heavy (non-hydrogen) atoms. The van der Waals surface area contributed by atoms with Crippen molar-refractivity contribution < 1.29 is 29.2 Å². The standard InChI is InChI=1S/C16H22O6/c1-16(2)21-14-13(19-9-10-6-4-3-5-7-10)12(11(18)8-17)20-15(14)22-16/h3-7,11-15,17-18H,8-9H2,1-2H3/t11-,12-,13-,14+,15+/m0/s1/i8+1. The fourth-order valence-electron chi connectivity index (χ4n) is 2.87. The van der Waals surface area contributed by atoms with Gasteiger partial charge in [-0.1, -0.05) is 30.3 Å². The summed E-state index contributed by atoms with van der Waals surface area (Å²) < 4.78 is 23.1. The Kier molecular flexibility index (Phi) is 4.49. The van der Waals surface area contributed by atoms with Crippen molar-refractivity contribution in [3.63, 3.8) is 0 Å². The average Bonchev–Trinajstić information content (AvgIpc) is 2.97. The molecular formula is C16H22O6. The molecule has 122 valence electrons. The molecule has 2 aliphatic heterocycles. The smallest absolute Gasteiger partial charge is 0.190 e. The van der Waals surface area contributed by atoms with Crippen molar-refractivity contribution in [2.24, 2.45) is 0 Å². The van der Waals surface area contributed by atoms with Crippen LogP contribution in [0.3, 0.4) is 0 Å². The van der Waals surface area contributed by atoms with Gasteiger partial charge in [0.15, 0.2) is 12.1 Å². The molecule has 0 radical (unpaired) electrons. The molecule has 0 saturated carbocycles. The maximum Gasteiger partial charge on any atom is 0.190 e. The molecule has 3 rings (SSSR count). The summed E-state index contributed by atoms with van der Waals surface area (Å²) in [6.45, 7) is 3.58. The average molecular weight is 311 g/mol. The quantitative estimate of drug-likeness (QED) is 0.783. The maximum absolute atomic E-state index is 9.94. The van der Waals surface area contributed by atoms with Gasteiger partial charge in [-0.2, -0.15) is 0 Å². The van der Waals surface area contributed by atoms with E-state index in [2.05, 4.69) is 0 Å². The van der Waals surface area contributed by atoms with Gasteiger partial charge in [0.25, 0.3) is 0 Å². The van der Waals surface area contributed by atoms with E-state index in [0.717, 1.165) is 5.56 Å². The molecule has 6 heteroatoms. The molecule has 6 nitrogen and oxygen atoms in total. The van der Waals surface area contributed by atoms with Crippen molar-refractivity contribution in [3.05, 3.63) is 35.9 Å². The number of aliphatic hydroxyl groups excluding tert-OH is 2. The Morgan fingerprint density at radius 3 is 2.64 bits per heavy atom. The first-order valence-electron chi connectivity index (χ1n) is 7.46. The zero-order chi connectivity index (χ0) is 15.7. The van der Waals surface area contributed by atoms with Gasteiger partial charge in [0.2, 0.25) is 0 Å². The number of ether oxygens (including phenoxy) is 4. The van der Waals surface area contributed by atoms with Crippen LogP contribution in [0.2, 0.25) is 0 Å². The van der Waals surface area contributed by atoms with Crippen molar-refractivity contribution in [3.8, 4) is 0 Å². The Bertz CT molecular complexity index is 491. The highest BCUT2D eigenvalue weighted by atomic mass is 16.8. The normalized spacial score (nSPS) is 34.5. The van der Waals surface area contributed by atoms with Crippen LogP contribution < -0.4 is 0 Å². The minimum absolute atomic E-state index is 0.372. The molecule has 0 aliphatic carbocycles. The fourth-order valence-corrected chi connectivity index (χ4v) is 2.87. The van der Waals surface area contributed by atoms with Gasteiger partial charge in [-0.3, -0.25) is 0 Å². The summed E-state index contributed by atoms with van der Waals surface area (Å²) in [5, 5.41) is 19.1. The third kappa shape index (κ3) is 3.17. The molecule has 2 N–H and O–H groups in total. The van der Waals surface area contributed by atoms with E-state index in [4.69, 9.17) is 18.9 Å². The Morgan fingerprint density at radius 2 is 1.95 bits per heavy atom. The Labute approximate surface area is 129 Å². The van der Waals surface area contributed by atoms with Crippen LogP contribution in [0.5, 0.6) is 0 Å². The molecule has 0 aromatic heterocycles. The molecule has 0 amide bonds. The largest absolute Gasteiger partial charge is 0.394 e. The molecule has 5 atom stereocenters. The van der Waals surface area contributed by atoms with E-state index in [-0.39, 0.29) is 0 Å². The molecule has 1 aromatic rings. The van der Waals surface area contributed by atoms with E-state index in [1.807, 2.05) is 30.3 Å². The fraction of sp³-hybridized carbons (Fsp3) is 0.625. The lowest BCUT2D eigenvalue weighted by molar-refractivity contribution is -0.232. The first-order chi connectivity index (χ1) is 10.5. The van der Waals surface area contributed by atoms with Gasteiger partial charge in [0.1, 0.15) is 24.4 Å². The van der Waals surface area contributed by atoms with Crippen LogP contribution in [0.15, 0.2) is 30.3 Å². The van der Waals surface area contributed by atoms with E-state index in [1.54, 1.807) is 13.8 Å². The molecule has 0 spiro atoms. The van der Waals surface area contributed by atoms with Gasteiger partial charge in [-0.15, -0.1) is 0 Å². The summed E-state index contributed by atoms with van der Waals surface area (Å²) in [7, 11) is 0. The van der Waals surface area contributed by atoms with Crippen molar-refractivity contribution in [2.45, 2.75) is 56.9 Å².